The highest BCUT2D eigenvalue weighted by Gasteiger charge is 2.15. The minimum absolute atomic E-state index is 0.0000912. The summed E-state index contributed by atoms with van der Waals surface area (Å²) in [5, 5.41) is 32.6. The SMILES string of the molecule is CCn1nc(C)c(N=Nc2cc([N+](=O)[O-])ccc2O)c1OC. The predicted molar refractivity (Wildman–Crippen MR) is 78.1 cm³/mol. The molecule has 0 aliphatic heterocycles. The second kappa shape index (κ2) is 6.20. The van der Waals surface area contributed by atoms with Gasteiger partial charge >= 0.3 is 0 Å². The number of hydrogen-bond acceptors (Lipinski definition) is 7. The van der Waals surface area contributed by atoms with Crippen molar-refractivity contribution in [2.75, 3.05) is 7.11 Å². The van der Waals surface area contributed by atoms with Crippen LogP contribution in [-0.4, -0.2) is 26.9 Å². The van der Waals surface area contributed by atoms with Crippen LogP contribution < -0.4 is 4.74 Å². The number of nitrogens with zero attached hydrogens (tertiary/aromatic N) is 5. The second-order valence-corrected chi connectivity index (χ2v) is 4.39. The van der Waals surface area contributed by atoms with Gasteiger partial charge in [-0.1, -0.05) is 0 Å². The normalized spacial score (nSPS) is 11.0. The lowest BCUT2D eigenvalue weighted by Gasteiger charge is -2.02. The first kappa shape index (κ1) is 15.4. The first-order valence-electron chi connectivity index (χ1n) is 6.48. The number of azo groups is 1. The molecule has 1 aromatic carbocycles. The molecule has 2 rings (SSSR count). The fraction of sp³-hybridized carbons (Fsp3) is 0.308. The molecular formula is C13H15N5O4. The fourth-order valence-electron chi connectivity index (χ4n) is 1.89. The molecule has 0 aliphatic carbocycles. The van der Waals surface area contributed by atoms with Crippen LogP contribution in [-0.2, 0) is 6.54 Å². The third-order valence-electron chi connectivity index (χ3n) is 2.97. The van der Waals surface area contributed by atoms with Crippen molar-refractivity contribution >= 4 is 17.1 Å². The molecule has 1 aromatic heterocycles. The van der Waals surface area contributed by atoms with E-state index in [4.69, 9.17) is 4.74 Å². The number of non-ortho nitro benzene ring substituents is 1. The average molecular weight is 305 g/mol. The summed E-state index contributed by atoms with van der Waals surface area (Å²) in [6.07, 6.45) is 0. The van der Waals surface area contributed by atoms with Crippen molar-refractivity contribution < 1.29 is 14.8 Å². The average Bonchev–Trinajstić information content (AvgIpc) is 2.81. The van der Waals surface area contributed by atoms with Gasteiger partial charge in [0.05, 0.1) is 17.7 Å². The lowest BCUT2D eigenvalue weighted by molar-refractivity contribution is -0.384. The summed E-state index contributed by atoms with van der Waals surface area (Å²) in [6.45, 7) is 4.25. The Labute approximate surface area is 126 Å². The molecule has 116 valence electrons. The molecule has 9 heteroatoms. The van der Waals surface area contributed by atoms with E-state index >= 15 is 0 Å². The van der Waals surface area contributed by atoms with Crippen molar-refractivity contribution in [3.05, 3.63) is 34.0 Å². The second-order valence-electron chi connectivity index (χ2n) is 4.39. The number of nitro benzene ring substituents is 1. The number of hydrogen-bond donors (Lipinski definition) is 1. The summed E-state index contributed by atoms with van der Waals surface area (Å²) in [4.78, 5) is 10.2. The smallest absolute Gasteiger partial charge is 0.271 e. The zero-order valence-electron chi connectivity index (χ0n) is 12.3. The van der Waals surface area contributed by atoms with Crippen molar-refractivity contribution in [2.24, 2.45) is 10.2 Å². The van der Waals surface area contributed by atoms with Crippen molar-refractivity contribution in [3.63, 3.8) is 0 Å². The highest BCUT2D eigenvalue weighted by molar-refractivity contribution is 5.58. The van der Waals surface area contributed by atoms with E-state index in [0.29, 0.717) is 23.8 Å². The Morgan fingerprint density at radius 3 is 2.77 bits per heavy atom. The lowest BCUT2D eigenvalue weighted by Crippen LogP contribution is -1.99. The molecule has 9 nitrogen and oxygen atoms in total. The third kappa shape index (κ3) is 2.87. The fourth-order valence-corrected chi connectivity index (χ4v) is 1.89. The van der Waals surface area contributed by atoms with Gasteiger partial charge < -0.3 is 9.84 Å². The summed E-state index contributed by atoms with van der Waals surface area (Å²) >= 11 is 0. The number of aryl methyl sites for hydroxylation is 2. The van der Waals surface area contributed by atoms with Gasteiger partial charge in [0, 0.05) is 18.7 Å². The molecule has 0 aliphatic rings. The summed E-state index contributed by atoms with van der Waals surface area (Å²) in [5.74, 6) is 0.238. The zero-order chi connectivity index (χ0) is 16.3. The molecule has 1 heterocycles. The van der Waals surface area contributed by atoms with E-state index in [0.717, 1.165) is 6.07 Å². The topological polar surface area (TPSA) is 115 Å². The molecule has 0 amide bonds. The molecule has 2 aromatic rings. The standard InChI is InChI=1S/C13H15N5O4/c1-4-17-13(22-3)12(8(2)16-17)15-14-10-7-9(18(20)21)5-6-11(10)19/h5-7,19H,4H2,1-3H3. The Bertz CT molecular complexity index is 738. The van der Waals surface area contributed by atoms with Crippen molar-refractivity contribution in [2.45, 2.75) is 20.4 Å². The Morgan fingerprint density at radius 1 is 1.45 bits per heavy atom. The van der Waals surface area contributed by atoms with Gasteiger partial charge in [-0.05, 0) is 19.9 Å². The maximum absolute atomic E-state index is 10.8. The van der Waals surface area contributed by atoms with Crippen molar-refractivity contribution in [3.8, 4) is 11.6 Å². The van der Waals surface area contributed by atoms with E-state index in [1.54, 1.807) is 11.6 Å². The summed E-state index contributed by atoms with van der Waals surface area (Å²) in [6, 6.07) is 3.53. The van der Waals surface area contributed by atoms with Crippen LogP contribution in [0, 0.1) is 17.0 Å². The van der Waals surface area contributed by atoms with Crippen LogP contribution >= 0.6 is 0 Å². The number of benzene rings is 1. The maximum Gasteiger partial charge on any atom is 0.271 e. The number of methoxy groups -OCH3 is 1. The van der Waals surface area contributed by atoms with E-state index in [9.17, 15) is 15.2 Å². The highest BCUT2D eigenvalue weighted by atomic mass is 16.6. The monoisotopic (exact) mass is 305 g/mol. The quantitative estimate of drug-likeness (QED) is 0.517. The van der Waals surface area contributed by atoms with Crippen LogP contribution in [0.3, 0.4) is 0 Å². The van der Waals surface area contributed by atoms with Gasteiger partial charge in [0.15, 0.2) is 5.69 Å². The molecule has 0 radical (unpaired) electrons. The van der Waals surface area contributed by atoms with Gasteiger partial charge in [0.1, 0.15) is 11.4 Å². The number of nitro groups is 1. The van der Waals surface area contributed by atoms with E-state index in [-0.39, 0.29) is 17.1 Å². The van der Waals surface area contributed by atoms with Gasteiger partial charge in [0.25, 0.3) is 5.69 Å². The molecule has 0 spiro atoms. The molecule has 1 N–H and O–H groups in total. The van der Waals surface area contributed by atoms with E-state index in [1.165, 1.54) is 19.2 Å². The Balaban J connectivity index is 2.43. The Kier molecular flexibility index (Phi) is 4.35. The number of phenolic OH excluding ortho intramolecular Hbond substituents is 1. The van der Waals surface area contributed by atoms with E-state index in [2.05, 4.69) is 15.3 Å². The third-order valence-corrected chi connectivity index (χ3v) is 2.97. The maximum atomic E-state index is 10.8. The molecule has 0 unspecified atom stereocenters. The highest BCUT2D eigenvalue weighted by Crippen LogP contribution is 2.35. The Hall–Kier alpha value is -2.97. The summed E-state index contributed by atoms with van der Waals surface area (Å²) in [5.41, 5.74) is 0.835. The molecule has 0 atom stereocenters. The summed E-state index contributed by atoms with van der Waals surface area (Å²) in [7, 11) is 1.49. The van der Waals surface area contributed by atoms with Gasteiger partial charge in [-0.25, -0.2) is 4.68 Å². The van der Waals surface area contributed by atoms with Crippen LogP contribution in [0.1, 0.15) is 12.6 Å². The molecule has 0 saturated heterocycles. The summed E-state index contributed by atoms with van der Waals surface area (Å²) < 4.78 is 6.87. The van der Waals surface area contributed by atoms with E-state index < -0.39 is 4.92 Å². The van der Waals surface area contributed by atoms with Crippen LogP contribution in [0.15, 0.2) is 28.4 Å². The Morgan fingerprint density at radius 2 is 2.18 bits per heavy atom. The van der Waals surface area contributed by atoms with Crippen molar-refractivity contribution in [1.82, 2.24) is 9.78 Å². The van der Waals surface area contributed by atoms with Crippen LogP contribution in [0.2, 0.25) is 0 Å². The largest absolute Gasteiger partial charge is 0.506 e. The minimum atomic E-state index is -0.570. The number of ether oxygens (including phenoxy) is 1. The van der Waals surface area contributed by atoms with Crippen molar-refractivity contribution in [1.29, 1.82) is 0 Å². The van der Waals surface area contributed by atoms with Gasteiger partial charge in [-0.15, -0.1) is 10.2 Å². The molecule has 0 fully saturated rings. The predicted octanol–water partition coefficient (Wildman–Crippen LogP) is 3.25. The molecule has 0 saturated carbocycles. The molecule has 0 bridgehead atoms. The number of rotatable bonds is 5. The van der Waals surface area contributed by atoms with Gasteiger partial charge in [-0.2, -0.15) is 5.10 Å². The van der Waals surface area contributed by atoms with E-state index in [1.807, 2.05) is 6.92 Å². The minimum Gasteiger partial charge on any atom is -0.506 e. The molecule has 22 heavy (non-hydrogen) atoms. The molecular weight excluding hydrogens is 290 g/mol. The first-order chi connectivity index (χ1) is 10.5. The van der Waals surface area contributed by atoms with Crippen LogP contribution in [0.5, 0.6) is 11.6 Å². The van der Waals surface area contributed by atoms with Gasteiger partial charge in [-0.3, -0.25) is 10.1 Å². The zero-order valence-corrected chi connectivity index (χ0v) is 12.3. The van der Waals surface area contributed by atoms with Crippen LogP contribution in [0.25, 0.3) is 0 Å². The lowest BCUT2D eigenvalue weighted by atomic mass is 10.2. The first-order valence-corrected chi connectivity index (χ1v) is 6.48. The van der Waals surface area contributed by atoms with Gasteiger partial charge in [0.2, 0.25) is 5.88 Å². The number of aromatic hydroxyl groups is 1. The number of phenols is 1. The number of aromatic nitrogens is 2. The van der Waals surface area contributed by atoms with Crippen LogP contribution in [0.4, 0.5) is 17.1 Å².